The molecule has 1 aromatic rings. The first-order chi connectivity index (χ1) is 9.94. The number of benzene rings is 1. The first-order valence-corrected chi connectivity index (χ1v) is 7.17. The highest BCUT2D eigenvalue weighted by atomic mass is 16.6. The molecule has 0 bridgehead atoms. The van der Waals surface area contributed by atoms with Gasteiger partial charge in [0.25, 0.3) is 5.69 Å². The summed E-state index contributed by atoms with van der Waals surface area (Å²) in [5.41, 5.74) is 0.467. The molecule has 2 rings (SSSR count). The predicted octanol–water partition coefficient (Wildman–Crippen LogP) is 3.35. The molecule has 21 heavy (non-hydrogen) atoms. The Morgan fingerprint density at radius 3 is 2.62 bits per heavy atom. The Kier molecular flexibility index (Phi) is 4.45. The van der Waals surface area contributed by atoms with E-state index in [1.165, 1.54) is 6.07 Å². The molecule has 1 fully saturated rings. The van der Waals surface area contributed by atoms with E-state index < -0.39 is 16.3 Å². The minimum Gasteiger partial charge on any atom is -0.481 e. The number of rotatable bonds is 5. The first-order valence-electron chi connectivity index (χ1n) is 7.17. The standard InChI is InChI=1S/C15H20N2O4/c1-11-5-6-13(17(20)21)12(9-11)16-10-15(14(18)19)7-3-2-4-8-15/h5-6,9,16H,2-4,7-8,10H2,1H3,(H,18,19). The lowest BCUT2D eigenvalue weighted by molar-refractivity contribution is -0.384. The fourth-order valence-electron chi connectivity index (χ4n) is 2.91. The van der Waals surface area contributed by atoms with E-state index >= 15 is 0 Å². The molecule has 0 radical (unpaired) electrons. The van der Waals surface area contributed by atoms with Crippen LogP contribution >= 0.6 is 0 Å². The van der Waals surface area contributed by atoms with Gasteiger partial charge in [-0.05, 0) is 31.4 Å². The van der Waals surface area contributed by atoms with Crippen LogP contribution in [0.1, 0.15) is 37.7 Å². The van der Waals surface area contributed by atoms with Crippen molar-refractivity contribution in [2.45, 2.75) is 39.0 Å². The van der Waals surface area contributed by atoms with Gasteiger partial charge in [0.2, 0.25) is 0 Å². The van der Waals surface area contributed by atoms with Crippen molar-refractivity contribution in [3.63, 3.8) is 0 Å². The number of nitrogens with zero attached hydrogens (tertiary/aromatic N) is 1. The summed E-state index contributed by atoms with van der Waals surface area (Å²) >= 11 is 0. The van der Waals surface area contributed by atoms with Gasteiger partial charge < -0.3 is 10.4 Å². The van der Waals surface area contributed by atoms with Crippen LogP contribution in [0.15, 0.2) is 18.2 Å². The van der Waals surface area contributed by atoms with E-state index in [4.69, 9.17) is 0 Å². The largest absolute Gasteiger partial charge is 0.481 e. The number of nitro groups is 1. The third kappa shape index (κ3) is 3.32. The minimum absolute atomic E-state index is 0.0167. The third-order valence-corrected chi connectivity index (χ3v) is 4.23. The summed E-state index contributed by atoms with van der Waals surface area (Å²) in [4.78, 5) is 22.2. The smallest absolute Gasteiger partial charge is 0.311 e. The lowest BCUT2D eigenvalue weighted by Gasteiger charge is -2.33. The zero-order valence-corrected chi connectivity index (χ0v) is 12.1. The molecule has 0 spiro atoms. The van der Waals surface area contributed by atoms with Crippen molar-refractivity contribution in [2.24, 2.45) is 5.41 Å². The second kappa shape index (κ2) is 6.11. The Bertz CT molecular complexity index is 551. The summed E-state index contributed by atoms with van der Waals surface area (Å²) < 4.78 is 0. The van der Waals surface area contributed by atoms with Gasteiger partial charge in [-0.1, -0.05) is 25.3 Å². The van der Waals surface area contributed by atoms with Gasteiger partial charge in [-0.3, -0.25) is 14.9 Å². The van der Waals surface area contributed by atoms with Crippen LogP contribution in [0.2, 0.25) is 0 Å². The maximum Gasteiger partial charge on any atom is 0.311 e. The maximum absolute atomic E-state index is 11.6. The normalized spacial score (nSPS) is 17.2. The van der Waals surface area contributed by atoms with Crippen molar-refractivity contribution in [1.29, 1.82) is 0 Å². The van der Waals surface area contributed by atoms with E-state index in [0.29, 0.717) is 18.5 Å². The van der Waals surface area contributed by atoms with Gasteiger partial charge in [0, 0.05) is 12.6 Å². The van der Waals surface area contributed by atoms with Crippen LogP contribution in [0.25, 0.3) is 0 Å². The second-order valence-corrected chi connectivity index (χ2v) is 5.78. The van der Waals surface area contributed by atoms with Crippen molar-refractivity contribution in [3.05, 3.63) is 33.9 Å². The number of nitro benzene ring substituents is 1. The van der Waals surface area contributed by atoms with Crippen LogP contribution in [0.3, 0.4) is 0 Å². The van der Waals surface area contributed by atoms with E-state index in [0.717, 1.165) is 24.8 Å². The molecule has 0 amide bonds. The molecule has 6 nitrogen and oxygen atoms in total. The maximum atomic E-state index is 11.6. The number of hydrogen-bond donors (Lipinski definition) is 2. The van der Waals surface area contributed by atoms with Crippen LogP contribution in [0.4, 0.5) is 11.4 Å². The quantitative estimate of drug-likeness (QED) is 0.641. The van der Waals surface area contributed by atoms with E-state index in [-0.39, 0.29) is 12.2 Å². The van der Waals surface area contributed by atoms with Crippen LogP contribution in [-0.2, 0) is 4.79 Å². The summed E-state index contributed by atoms with van der Waals surface area (Å²) in [7, 11) is 0. The highest BCUT2D eigenvalue weighted by molar-refractivity contribution is 5.76. The molecule has 0 aliphatic heterocycles. The SMILES string of the molecule is Cc1ccc([N+](=O)[O-])c(NCC2(C(=O)O)CCCCC2)c1. The van der Waals surface area contributed by atoms with Crippen LogP contribution in [0, 0.1) is 22.5 Å². The topological polar surface area (TPSA) is 92.5 Å². The number of carbonyl (C=O) groups is 1. The lowest BCUT2D eigenvalue weighted by atomic mass is 9.74. The second-order valence-electron chi connectivity index (χ2n) is 5.78. The minimum atomic E-state index is -0.815. The molecule has 0 saturated heterocycles. The van der Waals surface area contributed by atoms with Crippen molar-refractivity contribution >= 4 is 17.3 Å². The van der Waals surface area contributed by atoms with Gasteiger partial charge in [0.1, 0.15) is 5.69 Å². The van der Waals surface area contributed by atoms with Crippen molar-refractivity contribution in [2.75, 3.05) is 11.9 Å². The van der Waals surface area contributed by atoms with Crippen molar-refractivity contribution < 1.29 is 14.8 Å². The first kappa shape index (κ1) is 15.3. The highest BCUT2D eigenvalue weighted by Gasteiger charge is 2.39. The molecule has 0 heterocycles. The average Bonchev–Trinajstić information content (AvgIpc) is 2.45. The summed E-state index contributed by atoms with van der Waals surface area (Å²) in [6.45, 7) is 2.08. The Morgan fingerprint density at radius 2 is 2.05 bits per heavy atom. The van der Waals surface area contributed by atoms with Gasteiger partial charge >= 0.3 is 5.97 Å². The van der Waals surface area contributed by atoms with Gasteiger partial charge in [0.05, 0.1) is 10.3 Å². The monoisotopic (exact) mass is 292 g/mol. The highest BCUT2D eigenvalue weighted by Crippen LogP contribution is 2.37. The zero-order chi connectivity index (χ0) is 15.5. The number of carboxylic acids is 1. The summed E-state index contributed by atoms with van der Waals surface area (Å²) in [6, 6.07) is 4.82. The third-order valence-electron chi connectivity index (χ3n) is 4.23. The van der Waals surface area contributed by atoms with Gasteiger partial charge in [-0.25, -0.2) is 0 Å². The van der Waals surface area contributed by atoms with Crippen LogP contribution in [0.5, 0.6) is 0 Å². The molecule has 1 aliphatic rings. The van der Waals surface area contributed by atoms with E-state index in [2.05, 4.69) is 5.32 Å². The predicted molar refractivity (Wildman–Crippen MR) is 79.5 cm³/mol. The molecule has 0 aromatic heterocycles. The summed E-state index contributed by atoms with van der Waals surface area (Å²) in [6.07, 6.45) is 4.08. The number of aryl methyl sites for hydroxylation is 1. The van der Waals surface area contributed by atoms with E-state index in [1.54, 1.807) is 12.1 Å². The summed E-state index contributed by atoms with van der Waals surface area (Å²) in [5.74, 6) is -0.815. The van der Waals surface area contributed by atoms with Crippen molar-refractivity contribution in [1.82, 2.24) is 0 Å². The van der Waals surface area contributed by atoms with Crippen molar-refractivity contribution in [3.8, 4) is 0 Å². The molecule has 0 atom stereocenters. The molecule has 2 N–H and O–H groups in total. The molecule has 0 unspecified atom stereocenters. The fraction of sp³-hybridized carbons (Fsp3) is 0.533. The van der Waals surface area contributed by atoms with Gasteiger partial charge in [-0.2, -0.15) is 0 Å². The number of carboxylic acid groups (broad SMARTS) is 1. The molecule has 6 heteroatoms. The van der Waals surface area contributed by atoms with Gasteiger partial charge in [0.15, 0.2) is 0 Å². The van der Waals surface area contributed by atoms with E-state index in [9.17, 15) is 20.0 Å². The molecule has 1 aromatic carbocycles. The number of hydrogen-bond acceptors (Lipinski definition) is 4. The molecular weight excluding hydrogens is 272 g/mol. The molecule has 114 valence electrons. The number of anilines is 1. The lowest BCUT2D eigenvalue weighted by Crippen LogP contribution is -2.39. The molecule has 1 saturated carbocycles. The molecular formula is C15H20N2O4. The number of aliphatic carboxylic acids is 1. The van der Waals surface area contributed by atoms with E-state index in [1.807, 2.05) is 6.92 Å². The van der Waals surface area contributed by atoms with Gasteiger partial charge in [-0.15, -0.1) is 0 Å². The number of nitrogens with one attached hydrogen (secondary N) is 1. The average molecular weight is 292 g/mol. The van der Waals surface area contributed by atoms with Crippen LogP contribution < -0.4 is 5.32 Å². The Labute approximate surface area is 123 Å². The Morgan fingerprint density at radius 1 is 1.38 bits per heavy atom. The van der Waals surface area contributed by atoms with Crippen LogP contribution in [-0.4, -0.2) is 22.5 Å². The Hall–Kier alpha value is -2.11. The fourth-order valence-corrected chi connectivity index (χ4v) is 2.91. The zero-order valence-electron chi connectivity index (χ0n) is 12.1. The summed E-state index contributed by atoms with van der Waals surface area (Å²) in [5, 5.41) is 23.6. The molecule has 1 aliphatic carbocycles. The Balaban J connectivity index is 2.19.